The van der Waals surface area contributed by atoms with Crippen LogP contribution in [0.15, 0.2) is 35.1 Å². The topological polar surface area (TPSA) is 167 Å². The Morgan fingerprint density at radius 3 is 2.75 bits per heavy atom. The van der Waals surface area contributed by atoms with Gasteiger partial charge in [-0.05, 0) is 25.5 Å². The molecule has 12 heteroatoms. The van der Waals surface area contributed by atoms with Crippen LogP contribution in [0.5, 0.6) is 0 Å². The molecule has 0 aliphatic rings. The van der Waals surface area contributed by atoms with Gasteiger partial charge in [0.15, 0.2) is 5.69 Å². The van der Waals surface area contributed by atoms with Gasteiger partial charge in [-0.25, -0.2) is 14.8 Å². The van der Waals surface area contributed by atoms with Crippen molar-refractivity contribution in [1.29, 1.82) is 0 Å². The minimum Gasteiger partial charge on any atom is -0.449 e. The van der Waals surface area contributed by atoms with E-state index in [0.29, 0.717) is 18.7 Å². The molecule has 0 saturated heterocycles. The molecule has 32 heavy (non-hydrogen) atoms. The Labute approximate surface area is 183 Å². The highest BCUT2D eigenvalue weighted by atomic mass is 16.5. The van der Waals surface area contributed by atoms with E-state index in [0.717, 1.165) is 12.8 Å². The smallest absolute Gasteiger partial charge is 0.412 e. The van der Waals surface area contributed by atoms with Crippen LogP contribution in [0.3, 0.4) is 0 Å². The fourth-order valence-corrected chi connectivity index (χ4v) is 2.64. The van der Waals surface area contributed by atoms with Crippen LogP contribution < -0.4 is 16.4 Å². The minimum absolute atomic E-state index is 0.0596. The second-order valence-electron chi connectivity index (χ2n) is 6.64. The van der Waals surface area contributed by atoms with Gasteiger partial charge in [0, 0.05) is 24.5 Å². The van der Waals surface area contributed by atoms with Crippen molar-refractivity contribution in [2.45, 2.75) is 33.2 Å². The van der Waals surface area contributed by atoms with E-state index < -0.39 is 17.9 Å². The molecule has 3 aromatic rings. The average Bonchev–Trinajstić information content (AvgIpc) is 3.41. The number of hydrogen-bond donors (Lipinski definition) is 3. The first-order valence-corrected chi connectivity index (χ1v) is 9.95. The highest BCUT2D eigenvalue weighted by molar-refractivity contribution is 6.06. The third-order valence-corrected chi connectivity index (χ3v) is 4.26. The van der Waals surface area contributed by atoms with Crippen molar-refractivity contribution in [3.05, 3.63) is 42.2 Å². The van der Waals surface area contributed by atoms with E-state index in [-0.39, 0.29) is 28.9 Å². The lowest BCUT2D eigenvalue weighted by Crippen LogP contribution is -2.17. The van der Waals surface area contributed by atoms with Crippen molar-refractivity contribution in [1.82, 2.24) is 19.7 Å². The number of nitrogens with zero attached hydrogens (tertiary/aromatic N) is 4. The first-order valence-electron chi connectivity index (χ1n) is 9.95. The van der Waals surface area contributed by atoms with Crippen LogP contribution in [-0.2, 0) is 11.3 Å². The monoisotopic (exact) mass is 441 g/mol. The van der Waals surface area contributed by atoms with E-state index in [1.807, 2.05) is 13.8 Å². The largest absolute Gasteiger partial charge is 0.449 e. The second-order valence-corrected chi connectivity index (χ2v) is 6.64. The fourth-order valence-electron chi connectivity index (χ4n) is 2.64. The maximum absolute atomic E-state index is 12.5. The van der Waals surface area contributed by atoms with Crippen molar-refractivity contribution in [2.24, 2.45) is 5.73 Å². The van der Waals surface area contributed by atoms with E-state index in [4.69, 9.17) is 14.9 Å². The molecule has 3 heterocycles. The summed E-state index contributed by atoms with van der Waals surface area (Å²) in [5.41, 5.74) is 5.91. The maximum atomic E-state index is 12.5. The third-order valence-electron chi connectivity index (χ3n) is 4.26. The molecular formula is C20H23N7O5. The zero-order valence-electron chi connectivity index (χ0n) is 17.6. The molecule has 12 nitrogen and oxygen atoms in total. The van der Waals surface area contributed by atoms with Crippen LogP contribution in [-0.4, -0.2) is 44.3 Å². The Balaban J connectivity index is 1.70. The number of aromatic nitrogens is 4. The summed E-state index contributed by atoms with van der Waals surface area (Å²) in [6.07, 6.45) is 5.25. The average molecular weight is 441 g/mol. The SMILES string of the molecule is CCCCOC(=O)Nc1cc(-c2ncc(C(=O)Nc3cn(CC)nc3C(N)=O)o2)ccn1. The number of carbonyl (C=O) groups is 3. The van der Waals surface area contributed by atoms with Crippen molar-refractivity contribution in [2.75, 3.05) is 17.2 Å². The van der Waals surface area contributed by atoms with Gasteiger partial charge in [-0.2, -0.15) is 5.10 Å². The fraction of sp³-hybridized carbons (Fsp3) is 0.300. The summed E-state index contributed by atoms with van der Waals surface area (Å²) in [6.45, 7) is 4.63. The predicted molar refractivity (Wildman–Crippen MR) is 114 cm³/mol. The second kappa shape index (κ2) is 10.2. The van der Waals surface area contributed by atoms with Gasteiger partial charge in [0.1, 0.15) is 5.82 Å². The summed E-state index contributed by atoms with van der Waals surface area (Å²) in [6, 6.07) is 3.14. The number of nitrogens with one attached hydrogen (secondary N) is 2. The molecule has 168 valence electrons. The molecule has 0 unspecified atom stereocenters. The standard InChI is InChI=1S/C20H23N7O5/c1-3-5-8-31-20(30)25-15-9-12(6-7-22-15)19-23-10-14(32-19)18(29)24-13-11-27(4-2)26-16(13)17(21)28/h6-7,9-11H,3-5,8H2,1-2H3,(H2,21,28)(H,24,29)(H,22,25,30). The molecule has 0 radical (unpaired) electrons. The number of amides is 3. The molecule has 0 atom stereocenters. The number of nitrogens with two attached hydrogens (primary N) is 1. The number of primary amides is 1. The summed E-state index contributed by atoms with van der Waals surface area (Å²) < 4.78 is 12.0. The van der Waals surface area contributed by atoms with E-state index >= 15 is 0 Å². The van der Waals surface area contributed by atoms with Crippen molar-refractivity contribution >= 4 is 29.4 Å². The lowest BCUT2D eigenvalue weighted by atomic mass is 10.2. The number of ether oxygens (including phenoxy) is 1. The maximum Gasteiger partial charge on any atom is 0.412 e. The van der Waals surface area contributed by atoms with Crippen LogP contribution in [0.25, 0.3) is 11.5 Å². The quantitative estimate of drug-likeness (QED) is 0.426. The molecule has 0 fully saturated rings. The first kappa shape index (κ1) is 22.5. The Kier molecular flexibility index (Phi) is 7.16. The number of hydrogen-bond acceptors (Lipinski definition) is 8. The molecule has 0 bridgehead atoms. The molecule has 0 spiro atoms. The van der Waals surface area contributed by atoms with Gasteiger partial charge >= 0.3 is 6.09 Å². The lowest BCUT2D eigenvalue weighted by molar-refractivity contribution is 0.0995. The normalized spacial score (nSPS) is 10.6. The van der Waals surface area contributed by atoms with Gasteiger partial charge in [-0.15, -0.1) is 0 Å². The summed E-state index contributed by atoms with van der Waals surface area (Å²) in [5, 5.41) is 9.08. The predicted octanol–water partition coefficient (Wildman–Crippen LogP) is 2.65. The molecular weight excluding hydrogens is 418 g/mol. The lowest BCUT2D eigenvalue weighted by Gasteiger charge is -2.06. The van der Waals surface area contributed by atoms with E-state index in [1.165, 1.54) is 29.3 Å². The highest BCUT2D eigenvalue weighted by Gasteiger charge is 2.20. The van der Waals surface area contributed by atoms with Gasteiger partial charge in [0.25, 0.3) is 11.8 Å². The molecule has 0 saturated carbocycles. The number of aryl methyl sites for hydroxylation is 1. The van der Waals surface area contributed by atoms with Crippen LogP contribution in [0, 0.1) is 0 Å². The van der Waals surface area contributed by atoms with Gasteiger partial charge in [0.05, 0.1) is 18.5 Å². The van der Waals surface area contributed by atoms with E-state index in [9.17, 15) is 14.4 Å². The number of rotatable bonds is 9. The molecule has 0 aromatic carbocycles. The number of pyridine rings is 1. The zero-order chi connectivity index (χ0) is 23.1. The third kappa shape index (κ3) is 5.47. The van der Waals surface area contributed by atoms with Gasteiger partial charge in [-0.1, -0.05) is 13.3 Å². The zero-order valence-corrected chi connectivity index (χ0v) is 17.6. The number of unbranched alkanes of at least 4 members (excludes halogenated alkanes) is 1. The van der Waals surface area contributed by atoms with Crippen LogP contribution in [0.1, 0.15) is 47.7 Å². The molecule has 0 aliphatic heterocycles. The Hall–Kier alpha value is -4.22. The molecule has 4 N–H and O–H groups in total. The van der Waals surface area contributed by atoms with Crippen LogP contribution in [0.4, 0.5) is 16.3 Å². The minimum atomic E-state index is -0.768. The molecule has 3 rings (SSSR count). The number of oxazole rings is 1. The summed E-state index contributed by atoms with van der Waals surface area (Å²) in [7, 11) is 0. The van der Waals surface area contributed by atoms with Crippen molar-refractivity contribution in [3.63, 3.8) is 0 Å². The summed E-state index contributed by atoms with van der Waals surface area (Å²) in [4.78, 5) is 44.1. The number of anilines is 2. The Morgan fingerprint density at radius 2 is 2.03 bits per heavy atom. The number of carbonyl (C=O) groups excluding carboxylic acids is 3. The Morgan fingerprint density at radius 1 is 1.22 bits per heavy atom. The molecule has 3 aromatic heterocycles. The van der Waals surface area contributed by atoms with Gasteiger partial charge in [0.2, 0.25) is 11.7 Å². The van der Waals surface area contributed by atoms with Gasteiger partial charge in [-0.3, -0.25) is 19.6 Å². The van der Waals surface area contributed by atoms with Crippen LogP contribution in [0.2, 0.25) is 0 Å². The van der Waals surface area contributed by atoms with Crippen molar-refractivity contribution < 1.29 is 23.5 Å². The van der Waals surface area contributed by atoms with Gasteiger partial charge < -0.3 is 20.2 Å². The Bertz CT molecular complexity index is 1120. The molecule has 0 aliphatic carbocycles. The first-order chi connectivity index (χ1) is 15.4. The summed E-state index contributed by atoms with van der Waals surface area (Å²) >= 11 is 0. The summed E-state index contributed by atoms with van der Waals surface area (Å²) in [5.74, 6) is -1.11. The van der Waals surface area contributed by atoms with E-state index in [1.54, 1.807) is 6.07 Å². The molecule has 3 amide bonds. The van der Waals surface area contributed by atoms with E-state index in [2.05, 4.69) is 25.7 Å². The van der Waals surface area contributed by atoms with Crippen molar-refractivity contribution in [3.8, 4) is 11.5 Å². The van der Waals surface area contributed by atoms with Crippen LogP contribution >= 0.6 is 0 Å². The highest BCUT2D eigenvalue weighted by Crippen LogP contribution is 2.22.